The zero-order valence-electron chi connectivity index (χ0n) is 6.64. The first-order chi connectivity index (χ1) is 6.06. The minimum atomic E-state index is -0.881. The number of hydrogen-bond donors (Lipinski definition) is 2. The van der Waals surface area contributed by atoms with Crippen molar-refractivity contribution in [3.05, 3.63) is 24.3 Å². The molecule has 0 saturated carbocycles. The molecule has 0 saturated heterocycles. The van der Waals surface area contributed by atoms with Crippen molar-refractivity contribution in [2.75, 3.05) is 5.75 Å². The molecule has 4 nitrogen and oxygen atoms in total. The molecule has 0 aromatic rings. The molecule has 0 unspecified atom stereocenters. The first-order valence-electron chi connectivity index (χ1n) is 3.33. The number of carboxylic acid groups (broad SMARTS) is 1. The van der Waals surface area contributed by atoms with Crippen molar-refractivity contribution < 1.29 is 19.5 Å². The van der Waals surface area contributed by atoms with E-state index in [0.29, 0.717) is 0 Å². The van der Waals surface area contributed by atoms with Gasteiger partial charge in [-0.2, -0.15) is 12.6 Å². The summed E-state index contributed by atoms with van der Waals surface area (Å²) < 4.78 is 0. The first-order valence-corrected chi connectivity index (χ1v) is 3.96. The second-order valence-corrected chi connectivity index (χ2v) is 2.34. The number of rotatable bonds is 1. The van der Waals surface area contributed by atoms with E-state index in [4.69, 9.17) is 5.11 Å². The van der Waals surface area contributed by atoms with Gasteiger partial charge in [0.2, 0.25) is 0 Å². The molecule has 0 bridgehead atoms. The fourth-order valence-electron chi connectivity index (χ4n) is 0.440. The van der Waals surface area contributed by atoms with E-state index in [1.54, 1.807) is 0 Å². The molecule has 0 spiro atoms. The topological polar surface area (TPSA) is 71.4 Å². The molecule has 1 rings (SSSR count). The highest BCUT2D eigenvalue weighted by Gasteiger charge is 1.97. The second kappa shape index (κ2) is 6.19. The van der Waals surface area contributed by atoms with Crippen molar-refractivity contribution in [2.45, 2.75) is 0 Å². The van der Waals surface area contributed by atoms with Crippen molar-refractivity contribution in [1.29, 1.82) is 0 Å². The van der Waals surface area contributed by atoms with Crippen molar-refractivity contribution in [3.8, 4) is 0 Å². The van der Waals surface area contributed by atoms with E-state index in [1.807, 2.05) is 0 Å². The van der Waals surface area contributed by atoms with Crippen LogP contribution in [0.25, 0.3) is 0 Å². The van der Waals surface area contributed by atoms with E-state index in [1.165, 1.54) is 24.3 Å². The summed E-state index contributed by atoms with van der Waals surface area (Å²) in [6, 6.07) is 0. The third-order valence-electron chi connectivity index (χ3n) is 0.959. The monoisotopic (exact) mass is 200 g/mol. The summed E-state index contributed by atoms with van der Waals surface area (Å²) in [6.07, 6.45) is 5.01. The number of carbonyl (C=O) groups is 3. The van der Waals surface area contributed by atoms with Crippen LogP contribution in [0, 0.1) is 0 Å². The number of aliphatic carboxylic acids is 1. The molecule has 0 fully saturated rings. The van der Waals surface area contributed by atoms with E-state index in [2.05, 4.69) is 12.6 Å². The van der Waals surface area contributed by atoms with Crippen LogP contribution in [0.2, 0.25) is 0 Å². The molecule has 1 N–H and O–H groups in total. The number of carbonyl (C=O) groups excluding carboxylic acids is 2. The summed E-state index contributed by atoms with van der Waals surface area (Å²) in [4.78, 5) is 29.9. The molecule has 0 atom stereocenters. The lowest BCUT2D eigenvalue weighted by molar-refractivity contribution is -0.133. The zero-order chi connectivity index (χ0) is 10.3. The lowest BCUT2D eigenvalue weighted by Crippen LogP contribution is -1.97. The fraction of sp³-hybridized carbons (Fsp3) is 0.125. The van der Waals surface area contributed by atoms with Gasteiger partial charge in [0.1, 0.15) is 0 Å². The van der Waals surface area contributed by atoms with Gasteiger partial charge >= 0.3 is 5.97 Å². The molecule has 0 radical (unpaired) electrons. The van der Waals surface area contributed by atoms with Crippen LogP contribution in [0.3, 0.4) is 0 Å². The van der Waals surface area contributed by atoms with Gasteiger partial charge in [-0.1, -0.05) is 0 Å². The molecule has 0 aromatic heterocycles. The van der Waals surface area contributed by atoms with Gasteiger partial charge in [0.05, 0.1) is 5.75 Å². The van der Waals surface area contributed by atoms with E-state index in [9.17, 15) is 14.4 Å². The van der Waals surface area contributed by atoms with Crippen LogP contribution >= 0.6 is 12.6 Å². The van der Waals surface area contributed by atoms with Crippen LogP contribution in [-0.4, -0.2) is 28.4 Å². The average Bonchev–Trinajstić information content (AvgIpc) is 2.11. The summed E-state index contributed by atoms with van der Waals surface area (Å²) in [5.74, 6) is -1.21. The van der Waals surface area contributed by atoms with Gasteiger partial charge in [-0.25, -0.2) is 0 Å². The average molecular weight is 200 g/mol. The van der Waals surface area contributed by atoms with Gasteiger partial charge < -0.3 is 5.11 Å². The van der Waals surface area contributed by atoms with Gasteiger partial charge in [-0.3, -0.25) is 14.4 Å². The molecule has 70 valence electrons. The summed E-state index contributed by atoms with van der Waals surface area (Å²) in [7, 11) is 0. The van der Waals surface area contributed by atoms with Crippen LogP contribution in [0.5, 0.6) is 0 Å². The molecule has 1 aliphatic carbocycles. The number of hydrogen-bond acceptors (Lipinski definition) is 4. The SMILES string of the molecule is O=C(O)CS.O=C1C=CC(=O)C=C1. The van der Waals surface area contributed by atoms with E-state index < -0.39 is 5.97 Å². The quantitative estimate of drug-likeness (QED) is 0.470. The molecule has 0 aliphatic heterocycles. The normalized spacial score (nSPS) is 13.6. The van der Waals surface area contributed by atoms with Gasteiger partial charge in [-0.15, -0.1) is 0 Å². The van der Waals surface area contributed by atoms with E-state index >= 15 is 0 Å². The summed E-state index contributed by atoms with van der Waals surface area (Å²) in [6.45, 7) is 0. The largest absolute Gasteiger partial charge is 0.481 e. The Morgan fingerprint density at radius 3 is 1.54 bits per heavy atom. The molecule has 0 amide bonds. The first kappa shape index (κ1) is 11.6. The Bertz CT molecular complexity index is 240. The van der Waals surface area contributed by atoms with Crippen LogP contribution in [-0.2, 0) is 14.4 Å². The maximum absolute atomic E-state index is 10.3. The predicted molar refractivity (Wildman–Crippen MR) is 49.8 cm³/mol. The van der Waals surface area contributed by atoms with Crippen LogP contribution in [0.15, 0.2) is 24.3 Å². The molecule has 0 aromatic carbocycles. The third kappa shape index (κ3) is 7.02. The summed E-state index contributed by atoms with van der Waals surface area (Å²) in [5, 5.41) is 7.65. The van der Waals surface area contributed by atoms with Crippen molar-refractivity contribution in [1.82, 2.24) is 0 Å². The predicted octanol–water partition coefficient (Wildman–Crippen LogP) is 0.251. The lowest BCUT2D eigenvalue weighted by atomic mass is 10.2. The minimum Gasteiger partial charge on any atom is -0.481 e. The van der Waals surface area contributed by atoms with Gasteiger partial charge in [0.15, 0.2) is 11.6 Å². The molecular formula is C8H8O4S. The number of carboxylic acids is 1. The van der Waals surface area contributed by atoms with Crippen molar-refractivity contribution in [3.63, 3.8) is 0 Å². The van der Waals surface area contributed by atoms with Crippen molar-refractivity contribution >= 4 is 30.2 Å². The van der Waals surface area contributed by atoms with Crippen LogP contribution < -0.4 is 0 Å². The Balaban J connectivity index is 0.000000252. The third-order valence-corrected chi connectivity index (χ3v) is 1.23. The molecular weight excluding hydrogens is 192 g/mol. The van der Waals surface area contributed by atoms with Gasteiger partial charge in [0, 0.05) is 0 Å². The Morgan fingerprint density at radius 2 is 1.38 bits per heavy atom. The maximum atomic E-state index is 10.3. The Labute approximate surface area is 80.3 Å². The Kier molecular flexibility index (Phi) is 5.54. The van der Waals surface area contributed by atoms with Gasteiger partial charge in [0.25, 0.3) is 0 Å². The summed E-state index contributed by atoms with van der Waals surface area (Å²) >= 11 is 3.42. The lowest BCUT2D eigenvalue weighted by Gasteiger charge is -1.87. The highest BCUT2D eigenvalue weighted by atomic mass is 32.1. The van der Waals surface area contributed by atoms with E-state index in [-0.39, 0.29) is 17.3 Å². The zero-order valence-corrected chi connectivity index (χ0v) is 7.53. The molecule has 0 heterocycles. The molecule has 1 aliphatic rings. The van der Waals surface area contributed by atoms with Gasteiger partial charge in [-0.05, 0) is 24.3 Å². The smallest absolute Gasteiger partial charge is 0.313 e. The minimum absolute atomic E-state index is 0.0833. The van der Waals surface area contributed by atoms with E-state index in [0.717, 1.165) is 0 Å². The van der Waals surface area contributed by atoms with Crippen LogP contribution in [0.4, 0.5) is 0 Å². The van der Waals surface area contributed by atoms with Crippen molar-refractivity contribution in [2.24, 2.45) is 0 Å². The fourth-order valence-corrected chi connectivity index (χ4v) is 0.440. The number of ketones is 2. The summed E-state index contributed by atoms with van der Waals surface area (Å²) in [5.41, 5.74) is 0. The highest BCUT2D eigenvalue weighted by molar-refractivity contribution is 7.81. The number of allylic oxidation sites excluding steroid dienone is 4. The Morgan fingerprint density at radius 1 is 1.15 bits per heavy atom. The molecule has 13 heavy (non-hydrogen) atoms. The molecule has 5 heteroatoms. The standard InChI is InChI=1S/C6H4O2.C2H4O2S/c7-5-1-2-6(8)4-3-5;3-2(4)1-5/h1-4H;5H,1H2,(H,3,4). The maximum Gasteiger partial charge on any atom is 0.313 e. The number of thiol groups is 1. The van der Waals surface area contributed by atoms with Crippen LogP contribution in [0.1, 0.15) is 0 Å². The second-order valence-electron chi connectivity index (χ2n) is 2.02. The Hall–Kier alpha value is -1.36. The highest BCUT2D eigenvalue weighted by Crippen LogP contribution is 1.90.